The van der Waals surface area contributed by atoms with Gasteiger partial charge in [-0.1, -0.05) is 55.5 Å². The zero-order valence-electron chi connectivity index (χ0n) is 10.2. The summed E-state index contributed by atoms with van der Waals surface area (Å²) in [6.07, 6.45) is 0.999. The Balaban J connectivity index is 2.34. The number of ketones is 1. The Hall–Kier alpha value is -1.89. The minimum atomic E-state index is 0.103. The average Bonchev–Trinajstić information content (AvgIpc) is 2.39. The summed E-state index contributed by atoms with van der Waals surface area (Å²) in [5, 5.41) is 0. The molecule has 0 aromatic heterocycles. The van der Waals surface area contributed by atoms with Crippen molar-refractivity contribution in [2.45, 2.75) is 20.3 Å². The molecule has 0 amide bonds. The molecule has 0 atom stereocenters. The second kappa shape index (κ2) is 4.96. The van der Waals surface area contributed by atoms with E-state index in [1.807, 2.05) is 55.5 Å². The minimum absolute atomic E-state index is 0.103. The van der Waals surface area contributed by atoms with E-state index in [4.69, 9.17) is 0 Å². The minimum Gasteiger partial charge on any atom is -0.289 e. The molecule has 0 N–H and O–H groups in total. The molecule has 0 bridgehead atoms. The van der Waals surface area contributed by atoms with E-state index >= 15 is 0 Å². The molecule has 1 nitrogen and oxygen atoms in total. The lowest BCUT2D eigenvalue weighted by atomic mass is 9.98. The van der Waals surface area contributed by atoms with Gasteiger partial charge in [0.1, 0.15) is 0 Å². The standard InChI is InChI=1S/C16H16O/c1-3-13-8-10-14(11-9-13)16(17)15-7-5-4-6-12(15)2/h4-11H,3H2,1-2H3. The SMILES string of the molecule is CCc1ccc(C(=O)c2ccccc2C)cc1. The number of carbonyl (C=O) groups excluding carboxylic acids is 1. The zero-order valence-corrected chi connectivity index (χ0v) is 10.2. The van der Waals surface area contributed by atoms with Crippen molar-refractivity contribution in [2.24, 2.45) is 0 Å². The maximum Gasteiger partial charge on any atom is 0.193 e. The fourth-order valence-electron chi connectivity index (χ4n) is 1.87. The van der Waals surface area contributed by atoms with Crippen molar-refractivity contribution in [3.8, 4) is 0 Å². The average molecular weight is 224 g/mol. The van der Waals surface area contributed by atoms with E-state index in [2.05, 4.69) is 6.92 Å². The van der Waals surface area contributed by atoms with Gasteiger partial charge < -0.3 is 0 Å². The Morgan fingerprint density at radius 3 is 2.24 bits per heavy atom. The van der Waals surface area contributed by atoms with E-state index in [0.29, 0.717) is 0 Å². The third-order valence-corrected chi connectivity index (χ3v) is 3.01. The second-order valence-corrected chi connectivity index (χ2v) is 4.19. The molecule has 0 saturated heterocycles. The molecule has 2 rings (SSSR count). The third-order valence-electron chi connectivity index (χ3n) is 3.01. The Labute approximate surface area is 102 Å². The summed E-state index contributed by atoms with van der Waals surface area (Å²) in [5.74, 6) is 0.103. The van der Waals surface area contributed by atoms with Crippen LogP contribution in [0, 0.1) is 6.92 Å². The van der Waals surface area contributed by atoms with Crippen LogP contribution in [0.2, 0.25) is 0 Å². The fourth-order valence-corrected chi connectivity index (χ4v) is 1.87. The fraction of sp³-hybridized carbons (Fsp3) is 0.188. The summed E-state index contributed by atoms with van der Waals surface area (Å²) < 4.78 is 0. The van der Waals surface area contributed by atoms with Gasteiger partial charge in [-0.25, -0.2) is 0 Å². The smallest absolute Gasteiger partial charge is 0.193 e. The van der Waals surface area contributed by atoms with Crippen LogP contribution in [0.5, 0.6) is 0 Å². The van der Waals surface area contributed by atoms with Crippen LogP contribution in [-0.4, -0.2) is 5.78 Å². The topological polar surface area (TPSA) is 17.1 Å². The van der Waals surface area contributed by atoms with E-state index < -0.39 is 0 Å². The molecule has 0 aliphatic rings. The number of carbonyl (C=O) groups is 1. The van der Waals surface area contributed by atoms with Gasteiger partial charge in [-0.15, -0.1) is 0 Å². The molecule has 17 heavy (non-hydrogen) atoms. The zero-order chi connectivity index (χ0) is 12.3. The predicted octanol–water partition coefficient (Wildman–Crippen LogP) is 3.79. The summed E-state index contributed by atoms with van der Waals surface area (Å²) in [4.78, 5) is 12.3. The van der Waals surface area contributed by atoms with E-state index in [1.165, 1.54) is 5.56 Å². The Bertz CT molecular complexity index is 523. The number of aryl methyl sites for hydroxylation is 2. The van der Waals surface area contributed by atoms with Crippen molar-refractivity contribution in [1.29, 1.82) is 0 Å². The van der Waals surface area contributed by atoms with Crippen molar-refractivity contribution in [3.05, 3.63) is 70.8 Å². The lowest BCUT2D eigenvalue weighted by molar-refractivity contribution is 0.103. The van der Waals surface area contributed by atoms with E-state index in [9.17, 15) is 4.79 Å². The summed E-state index contributed by atoms with van der Waals surface area (Å²) in [7, 11) is 0. The van der Waals surface area contributed by atoms with Gasteiger partial charge in [0.2, 0.25) is 0 Å². The van der Waals surface area contributed by atoms with Crippen LogP contribution < -0.4 is 0 Å². The molecule has 2 aromatic carbocycles. The van der Waals surface area contributed by atoms with Crippen LogP contribution in [0.15, 0.2) is 48.5 Å². The normalized spacial score (nSPS) is 10.2. The number of benzene rings is 2. The number of rotatable bonds is 3. The van der Waals surface area contributed by atoms with Gasteiger partial charge in [0, 0.05) is 11.1 Å². The summed E-state index contributed by atoms with van der Waals surface area (Å²) >= 11 is 0. The van der Waals surface area contributed by atoms with E-state index in [0.717, 1.165) is 23.1 Å². The van der Waals surface area contributed by atoms with Gasteiger partial charge in [0.05, 0.1) is 0 Å². The Morgan fingerprint density at radius 1 is 1.00 bits per heavy atom. The Morgan fingerprint density at radius 2 is 1.65 bits per heavy atom. The highest BCUT2D eigenvalue weighted by molar-refractivity contribution is 6.09. The maximum absolute atomic E-state index is 12.3. The molecule has 0 unspecified atom stereocenters. The van der Waals surface area contributed by atoms with Gasteiger partial charge in [0.25, 0.3) is 0 Å². The van der Waals surface area contributed by atoms with Crippen LogP contribution in [0.25, 0.3) is 0 Å². The van der Waals surface area contributed by atoms with E-state index in [-0.39, 0.29) is 5.78 Å². The van der Waals surface area contributed by atoms with E-state index in [1.54, 1.807) is 0 Å². The quantitative estimate of drug-likeness (QED) is 0.725. The summed E-state index contributed by atoms with van der Waals surface area (Å²) in [6.45, 7) is 4.08. The molecular formula is C16H16O. The van der Waals surface area contributed by atoms with Crippen molar-refractivity contribution in [1.82, 2.24) is 0 Å². The van der Waals surface area contributed by atoms with Crippen molar-refractivity contribution < 1.29 is 4.79 Å². The lowest BCUT2D eigenvalue weighted by Gasteiger charge is -2.05. The molecule has 0 saturated carbocycles. The van der Waals surface area contributed by atoms with Crippen LogP contribution in [0.1, 0.15) is 34.0 Å². The molecule has 86 valence electrons. The highest BCUT2D eigenvalue weighted by Crippen LogP contribution is 2.14. The molecule has 1 heteroatoms. The second-order valence-electron chi connectivity index (χ2n) is 4.19. The monoisotopic (exact) mass is 224 g/mol. The highest BCUT2D eigenvalue weighted by Gasteiger charge is 2.10. The van der Waals surface area contributed by atoms with Gasteiger partial charge >= 0.3 is 0 Å². The first kappa shape index (κ1) is 11.6. The van der Waals surface area contributed by atoms with Gasteiger partial charge in [-0.3, -0.25) is 4.79 Å². The molecular weight excluding hydrogens is 208 g/mol. The highest BCUT2D eigenvalue weighted by atomic mass is 16.1. The predicted molar refractivity (Wildman–Crippen MR) is 70.4 cm³/mol. The molecule has 0 radical (unpaired) electrons. The molecule has 0 heterocycles. The first-order chi connectivity index (χ1) is 8.22. The molecule has 0 aliphatic heterocycles. The Kier molecular flexibility index (Phi) is 3.38. The van der Waals surface area contributed by atoms with Crippen LogP contribution >= 0.6 is 0 Å². The molecule has 0 aliphatic carbocycles. The van der Waals surface area contributed by atoms with Gasteiger partial charge in [-0.05, 0) is 24.5 Å². The summed E-state index contributed by atoms with van der Waals surface area (Å²) in [6, 6.07) is 15.6. The number of hydrogen-bond donors (Lipinski definition) is 0. The lowest BCUT2D eigenvalue weighted by Crippen LogP contribution is -2.03. The maximum atomic E-state index is 12.3. The van der Waals surface area contributed by atoms with Crippen molar-refractivity contribution >= 4 is 5.78 Å². The first-order valence-corrected chi connectivity index (χ1v) is 5.91. The molecule has 0 spiro atoms. The molecule has 0 fully saturated rings. The first-order valence-electron chi connectivity index (χ1n) is 5.91. The van der Waals surface area contributed by atoms with Gasteiger partial charge in [0.15, 0.2) is 5.78 Å². The summed E-state index contributed by atoms with van der Waals surface area (Å²) in [5.41, 5.74) is 3.83. The van der Waals surface area contributed by atoms with Crippen LogP contribution in [-0.2, 0) is 6.42 Å². The van der Waals surface area contributed by atoms with Crippen molar-refractivity contribution in [3.63, 3.8) is 0 Å². The van der Waals surface area contributed by atoms with Crippen LogP contribution in [0.3, 0.4) is 0 Å². The largest absolute Gasteiger partial charge is 0.289 e. The van der Waals surface area contributed by atoms with Crippen molar-refractivity contribution in [2.75, 3.05) is 0 Å². The molecule has 2 aromatic rings. The number of hydrogen-bond acceptors (Lipinski definition) is 1. The third kappa shape index (κ3) is 2.44. The van der Waals surface area contributed by atoms with Crippen LogP contribution in [0.4, 0.5) is 0 Å². The van der Waals surface area contributed by atoms with Gasteiger partial charge in [-0.2, -0.15) is 0 Å².